The molecule has 3 rings (SSSR count). The lowest BCUT2D eigenvalue weighted by Crippen LogP contribution is -2.41. The van der Waals surface area contributed by atoms with Crippen molar-refractivity contribution in [2.24, 2.45) is 5.92 Å². The van der Waals surface area contributed by atoms with Gasteiger partial charge in [-0.05, 0) is 25.0 Å². The molecule has 1 amide bonds. The third kappa shape index (κ3) is 4.41. The van der Waals surface area contributed by atoms with Crippen LogP contribution < -0.4 is 0 Å². The molecule has 25 heavy (non-hydrogen) atoms. The first-order valence-electron chi connectivity index (χ1n) is 8.56. The minimum Gasteiger partial charge on any atom is -0.337 e. The topological polar surface area (TPSA) is 63.9 Å². The molecular formula is C17H25N5OS2. The second-order valence-corrected chi connectivity index (χ2v) is 9.45. The molecule has 0 saturated carbocycles. The average molecular weight is 380 g/mol. The third-order valence-corrected chi connectivity index (χ3v) is 6.30. The van der Waals surface area contributed by atoms with Crippen molar-refractivity contribution >= 4 is 29.0 Å². The number of nitrogens with zero attached hydrogens (tertiary/aromatic N) is 5. The number of likely N-dealkylation sites (tertiary alicyclic amines) is 1. The normalized spacial score (nSPS) is 18.6. The van der Waals surface area contributed by atoms with Gasteiger partial charge in [0.05, 0.1) is 5.69 Å². The lowest BCUT2D eigenvalue weighted by atomic mass is 9.93. The van der Waals surface area contributed by atoms with Gasteiger partial charge in [-0.15, -0.1) is 16.4 Å². The molecule has 1 fully saturated rings. The smallest absolute Gasteiger partial charge is 0.273 e. The van der Waals surface area contributed by atoms with Crippen molar-refractivity contribution in [2.75, 3.05) is 19.3 Å². The maximum atomic E-state index is 12.7. The molecule has 0 aliphatic carbocycles. The molecule has 6 nitrogen and oxygen atoms in total. The summed E-state index contributed by atoms with van der Waals surface area (Å²) < 4.78 is 2.86. The van der Waals surface area contributed by atoms with Crippen LogP contribution in [0.1, 0.15) is 49.8 Å². The van der Waals surface area contributed by atoms with E-state index in [2.05, 4.69) is 36.1 Å². The van der Waals surface area contributed by atoms with Crippen LogP contribution >= 0.6 is 23.1 Å². The van der Waals surface area contributed by atoms with E-state index in [-0.39, 0.29) is 11.3 Å². The summed E-state index contributed by atoms with van der Waals surface area (Å²) in [4.78, 5) is 19.0. The van der Waals surface area contributed by atoms with E-state index >= 15 is 0 Å². The van der Waals surface area contributed by atoms with Gasteiger partial charge in [0.15, 0.2) is 0 Å². The predicted molar refractivity (Wildman–Crippen MR) is 101 cm³/mol. The van der Waals surface area contributed by atoms with Crippen LogP contribution in [0.4, 0.5) is 0 Å². The van der Waals surface area contributed by atoms with Gasteiger partial charge < -0.3 is 4.90 Å². The Kier molecular flexibility index (Phi) is 5.48. The van der Waals surface area contributed by atoms with E-state index in [1.807, 2.05) is 27.4 Å². The summed E-state index contributed by atoms with van der Waals surface area (Å²) >= 11 is 3.11. The number of piperidine rings is 1. The highest BCUT2D eigenvalue weighted by molar-refractivity contribution is 8.00. The first-order valence-corrected chi connectivity index (χ1v) is 10.7. The molecule has 0 spiro atoms. The van der Waals surface area contributed by atoms with Crippen LogP contribution in [-0.2, 0) is 12.0 Å². The molecule has 1 aliphatic rings. The summed E-state index contributed by atoms with van der Waals surface area (Å²) in [6.07, 6.45) is 6.15. The lowest BCUT2D eigenvalue weighted by Gasteiger charge is -2.32. The molecule has 1 atom stereocenters. The fourth-order valence-electron chi connectivity index (χ4n) is 3.01. The lowest BCUT2D eigenvalue weighted by molar-refractivity contribution is 0.0653. The van der Waals surface area contributed by atoms with E-state index in [4.69, 9.17) is 0 Å². The molecule has 1 aliphatic heterocycles. The van der Waals surface area contributed by atoms with E-state index in [1.165, 1.54) is 11.3 Å². The van der Waals surface area contributed by atoms with Crippen molar-refractivity contribution in [2.45, 2.75) is 49.9 Å². The van der Waals surface area contributed by atoms with Crippen molar-refractivity contribution in [3.05, 3.63) is 23.0 Å². The van der Waals surface area contributed by atoms with Crippen LogP contribution in [0.3, 0.4) is 0 Å². The molecule has 0 bridgehead atoms. The fourth-order valence-corrected chi connectivity index (χ4v) is 4.24. The van der Waals surface area contributed by atoms with Crippen molar-refractivity contribution in [3.63, 3.8) is 0 Å². The number of hydrogen-bond donors (Lipinski definition) is 0. The highest BCUT2D eigenvalue weighted by Crippen LogP contribution is 2.24. The number of carbonyl (C=O) groups excluding carboxylic acids is 1. The molecular weight excluding hydrogens is 354 g/mol. The molecule has 2 aromatic heterocycles. The summed E-state index contributed by atoms with van der Waals surface area (Å²) in [5.74, 6) is 0.459. The zero-order chi connectivity index (χ0) is 18.0. The molecule has 0 N–H and O–H groups in total. The van der Waals surface area contributed by atoms with E-state index in [9.17, 15) is 4.79 Å². The summed E-state index contributed by atoms with van der Waals surface area (Å²) in [5, 5.41) is 10.4. The largest absolute Gasteiger partial charge is 0.337 e. The number of aromatic nitrogens is 4. The number of rotatable bonds is 4. The molecule has 0 radical (unpaired) electrons. The molecule has 1 unspecified atom stereocenters. The molecule has 8 heteroatoms. The average Bonchev–Trinajstić information content (AvgIpc) is 3.23. The zero-order valence-corrected chi connectivity index (χ0v) is 16.9. The summed E-state index contributed by atoms with van der Waals surface area (Å²) in [6, 6.07) is 0. The monoisotopic (exact) mass is 379 g/mol. The van der Waals surface area contributed by atoms with Gasteiger partial charge in [0, 0.05) is 36.6 Å². The maximum absolute atomic E-state index is 12.7. The van der Waals surface area contributed by atoms with Gasteiger partial charge in [-0.1, -0.05) is 37.7 Å². The number of thiazole rings is 1. The first-order chi connectivity index (χ1) is 11.9. The van der Waals surface area contributed by atoms with Gasteiger partial charge in [0.2, 0.25) is 0 Å². The van der Waals surface area contributed by atoms with Crippen LogP contribution in [0.25, 0.3) is 0 Å². The van der Waals surface area contributed by atoms with Gasteiger partial charge in [0.25, 0.3) is 5.91 Å². The van der Waals surface area contributed by atoms with Crippen molar-refractivity contribution in [1.82, 2.24) is 24.9 Å². The maximum Gasteiger partial charge on any atom is 0.273 e. The third-order valence-electron chi connectivity index (χ3n) is 4.44. The minimum atomic E-state index is 0.00638. The number of amides is 1. The second-order valence-electron chi connectivity index (χ2n) is 7.54. The van der Waals surface area contributed by atoms with E-state index in [0.29, 0.717) is 11.6 Å². The summed E-state index contributed by atoms with van der Waals surface area (Å²) in [7, 11) is 0. The Hall–Kier alpha value is -1.41. The minimum absolute atomic E-state index is 0.00638. The highest BCUT2D eigenvalue weighted by Gasteiger charge is 2.27. The first kappa shape index (κ1) is 18.4. The van der Waals surface area contributed by atoms with Crippen LogP contribution in [0.15, 0.2) is 15.9 Å². The highest BCUT2D eigenvalue weighted by atomic mass is 32.2. The van der Waals surface area contributed by atoms with Gasteiger partial charge in [0.1, 0.15) is 10.0 Å². The Morgan fingerprint density at radius 1 is 1.44 bits per heavy atom. The molecule has 0 aromatic carbocycles. The number of carbonyl (C=O) groups is 1. The quantitative estimate of drug-likeness (QED) is 0.763. The van der Waals surface area contributed by atoms with Crippen molar-refractivity contribution in [1.29, 1.82) is 0 Å². The predicted octanol–water partition coefficient (Wildman–Crippen LogP) is 3.31. The molecule has 2 aromatic rings. The van der Waals surface area contributed by atoms with E-state index < -0.39 is 0 Å². The van der Waals surface area contributed by atoms with Crippen LogP contribution in [0.2, 0.25) is 0 Å². The zero-order valence-electron chi connectivity index (χ0n) is 15.2. The van der Waals surface area contributed by atoms with Crippen LogP contribution in [0.5, 0.6) is 0 Å². The second kappa shape index (κ2) is 7.45. The summed E-state index contributed by atoms with van der Waals surface area (Å²) in [5.41, 5.74) is 1.58. The van der Waals surface area contributed by atoms with Gasteiger partial charge >= 0.3 is 0 Å². The standard InChI is InChI=1S/C17H25N5OS2/c1-17(2,3)14-10-22(20-19-14)9-12-6-5-7-21(8-12)15(23)13-11-25-16(18-13)24-4/h10-12H,5-9H2,1-4H3. The Bertz CT molecular complexity index is 733. The Morgan fingerprint density at radius 2 is 2.24 bits per heavy atom. The number of hydrogen-bond acceptors (Lipinski definition) is 6. The molecule has 136 valence electrons. The fraction of sp³-hybridized carbons (Fsp3) is 0.647. The molecule has 1 saturated heterocycles. The Balaban J connectivity index is 1.63. The van der Waals surface area contributed by atoms with Crippen molar-refractivity contribution in [3.8, 4) is 0 Å². The molecule has 3 heterocycles. The van der Waals surface area contributed by atoms with Crippen molar-refractivity contribution < 1.29 is 4.79 Å². The van der Waals surface area contributed by atoms with Gasteiger partial charge in [-0.3, -0.25) is 9.48 Å². The Labute approximate surface area is 157 Å². The van der Waals surface area contributed by atoms with Crippen LogP contribution in [-0.4, -0.2) is 50.1 Å². The van der Waals surface area contributed by atoms with Gasteiger partial charge in [-0.2, -0.15) is 0 Å². The SMILES string of the molecule is CSc1nc(C(=O)N2CCCC(Cn3cc(C(C)(C)C)nn3)C2)cs1. The van der Waals surface area contributed by atoms with Gasteiger partial charge in [-0.25, -0.2) is 4.98 Å². The van der Waals surface area contributed by atoms with E-state index in [1.54, 1.807) is 11.8 Å². The summed E-state index contributed by atoms with van der Waals surface area (Å²) in [6.45, 7) is 8.79. The Morgan fingerprint density at radius 3 is 2.88 bits per heavy atom. The van der Waals surface area contributed by atoms with E-state index in [0.717, 1.165) is 42.5 Å². The van der Waals surface area contributed by atoms with Crippen LogP contribution in [0, 0.1) is 5.92 Å². The number of thioether (sulfide) groups is 1.